The lowest BCUT2D eigenvalue weighted by Crippen LogP contribution is -2.11. The Morgan fingerprint density at radius 2 is 2.29 bits per heavy atom. The van der Waals surface area contributed by atoms with Crippen molar-refractivity contribution in [2.75, 3.05) is 12.3 Å². The van der Waals surface area contributed by atoms with Gasteiger partial charge in [0.15, 0.2) is 5.82 Å². The molecule has 2 N–H and O–H groups in total. The number of aromatic nitrogens is 3. The van der Waals surface area contributed by atoms with E-state index in [9.17, 15) is 4.79 Å². The summed E-state index contributed by atoms with van der Waals surface area (Å²) in [5, 5.41) is 7.43. The molecule has 0 bridgehead atoms. The van der Waals surface area contributed by atoms with Crippen molar-refractivity contribution in [1.29, 1.82) is 0 Å². The molecule has 1 rings (SSSR count). The van der Waals surface area contributed by atoms with E-state index < -0.39 is 5.97 Å². The summed E-state index contributed by atoms with van der Waals surface area (Å²) in [7, 11) is 0. The van der Waals surface area contributed by atoms with Gasteiger partial charge in [0.25, 0.3) is 0 Å². The summed E-state index contributed by atoms with van der Waals surface area (Å²) in [5.74, 6) is -0.282. The van der Waals surface area contributed by atoms with Crippen LogP contribution in [0.15, 0.2) is 0 Å². The van der Waals surface area contributed by atoms with E-state index in [-0.39, 0.29) is 17.6 Å². The minimum atomic E-state index is -0.531. The first-order valence-electron chi connectivity index (χ1n) is 4.45. The van der Waals surface area contributed by atoms with Gasteiger partial charge in [0.05, 0.1) is 12.6 Å². The van der Waals surface area contributed by atoms with Gasteiger partial charge in [-0.25, -0.2) is 9.48 Å². The minimum Gasteiger partial charge on any atom is -0.461 e. The fourth-order valence-electron chi connectivity index (χ4n) is 1.03. The topological polar surface area (TPSA) is 83.0 Å². The third-order valence-corrected chi connectivity index (χ3v) is 1.69. The molecule has 1 aromatic heterocycles. The van der Waals surface area contributed by atoms with Crippen LogP contribution in [0, 0.1) is 0 Å². The van der Waals surface area contributed by atoms with Crippen LogP contribution in [-0.4, -0.2) is 27.6 Å². The number of rotatable bonds is 3. The predicted molar refractivity (Wildman–Crippen MR) is 50.8 cm³/mol. The fourth-order valence-corrected chi connectivity index (χ4v) is 1.03. The van der Waals surface area contributed by atoms with Crippen LogP contribution in [0.4, 0.5) is 5.82 Å². The van der Waals surface area contributed by atoms with Crippen molar-refractivity contribution in [1.82, 2.24) is 15.0 Å². The number of ether oxygens (including phenoxy) is 1. The van der Waals surface area contributed by atoms with Crippen LogP contribution < -0.4 is 5.73 Å². The number of esters is 1. The van der Waals surface area contributed by atoms with E-state index in [2.05, 4.69) is 10.3 Å². The highest BCUT2D eigenvalue weighted by Gasteiger charge is 2.19. The third-order valence-electron chi connectivity index (χ3n) is 1.69. The smallest absolute Gasteiger partial charge is 0.362 e. The van der Waals surface area contributed by atoms with Crippen LogP contribution in [0.5, 0.6) is 0 Å². The number of nitrogens with two attached hydrogens (primary N) is 1. The molecule has 14 heavy (non-hydrogen) atoms. The van der Waals surface area contributed by atoms with Gasteiger partial charge in [0, 0.05) is 0 Å². The molecule has 6 nitrogen and oxygen atoms in total. The molecule has 0 atom stereocenters. The second-order valence-corrected chi connectivity index (χ2v) is 3.08. The number of nitrogen functional groups attached to an aromatic ring is 1. The summed E-state index contributed by atoms with van der Waals surface area (Å²) in [6.07, 6.45) is 0. The van der Waals surface area contributed by atoms with Gasteiger partial charge in [0.1, 0.15) is 0 Å². The van der Waals surface area contributed by atoms with Crippen LogP contribution in [0.1, 0.15) is 37.3 Å². The van der Waals surface area contributed by atoms with Crippen molar-refractivity contribution in [2.24, 2.45) is 0 Å². The number of nitrogens with zero attached hydrogens (tertiary/aromatic N) is 3. The number of carbonyl (C=O) groups excluding carboxylic acids is 1. The Labute approximate surface area is 82.0 Å². The summed E-state index contributed by atoms with van der Waals surface area (Å²) in [6.45, 7) is 5.83. The summed E-state index contributed by atoms with van der Waals surface area (Å²) in [5.41, 5.74) is 5.76. The second kappa shape index (κ2) is 4.08. The molecule has 0 saturated heterocycles. The van der Waals surface area contributed by atoms with Crippen LogP contribution in [0.25, 0.3) is 0 Å². The van der Waals surface area contributed by atoms with Gasteiger partial charge in [-0.1, -0.05) is 5.21 Å². The Balaban J connectivity index is 2.95. The lowest BCUT2D eigenvalue weighted by Gasteiger charge is -2.05. The first kappa shape index (κ1) is 10.5. The Bertz CT molecular complexity index is 332. The van der Waals surface area contributed by atoms with Gasteiger partial charge in [0.2, 0.25) is 5.69 Å². The maximum absolute atomic E-state index is 11.3. The van der Waals surface area contributed by atoms with Gasteiger partial charge in [-0.3, -0.25) is 0 Å². The molecule has 0 fully saturated rings. The van der Waals surface area contributed by atoms with E-state index in [1.807, 2.05) is 13.8 Å². The SMILES string of the molecule is CCOC(=O)c1nnn(C(C)C)c1N. The quantitative estimate of drug-likeness (QED) is 0.720. The maximum Gasteiger partial charge on any atom is 0.362 e. The van der Waals surface area contributed by atoms with Crippen molar-refractivity contribution in [3.8, 4) is 0 Å². The number of hydrogen-bond acceptors (Lipinski definition) is 5. The zero-order valence-electron chi connectivity index (χ0n) is 8.52. The molecule has 0 aliphatic carbocycles. The van der Waals surface area contributed by atoms with E-state index in [1.54, 1.807) is 6.92 Å². The van der Waals surface area contributed by atoms with E-state index >= 15 is 0 Å². The standard InChI is InChI=1S/C8H14N4O2/c1-4-14-8(13)6-7(9)12(5(2)3)11-10-6/h5H,4,9H2,1-3H3. The van der Waals surface area contributed by atoms with E-state index in [0.717, 1.165) is 0 Å². The van der Waals surface area contributed by atoms with Crippen LogP contribution in [-0.2, 0) is 4.74 Å². The van der Waals surface area contributed by atoms with Crippen LogP contribution in [0.3, 0.4) is 0 Å². The molecule has 0 spiro atoms. The van der Waals surface area contributed by atoms with Gasteiger partial charge in [-0.15, -0.1) is 5.10 Å². The zero-order chi connectivity index (χ0) is 10.7. The normalized spacial score (nSPS) is 10.6. The number of anilines is 1. The summed E-state index contributed by atoms with van der Waals surface area (Å²) < 4.78 is 6.25. The average Bonchev–Trinajstić information content (AvgIpc) is 2.47. The van der Waals surface area contributed by atoms with Gasteiger partial charge < -0.3 is 10.5 Å². The molecule has 1 aromatic rings. The molecular formula is C8H14N4O2. The average molecular weight is 198 g/mol. The van der Waals surface area contributed by atoms with E-state index in [1.165, 1.54) is 4.68 Å². The van der Waals surface area contributed by atoms with Gasteiger partial charge in [-0.2, -0.15) is 0 Å². The Hall–Kier alpha value is -1.59. The van der Waals surface area contributed by atoms with Gasteiger partial charge in [-0.05, 0) is 20.8 Å². The van der Waals surface area contributed by atoms with Crippen molar-refractivity contribution < 1.29 is 9.53 Å². The van der Waals surface area contributed by atoms with Crippen LogP contribution in [0.2, 0.25) is 0 Å². The number of carbonyl (C=O) groups is 1. The summed E-state index contributed by atoms with van der Waals surface area (Å²) in [4.78, 5) is 11.3. The monoisotopic (exact) mass is 198 g/mol. The van der Waals surface area contributed by atoms with E-state index in [0.29, 0.717) is 6.61 Å². The second-order valence-electron chi connectivity index (χ2n) is 3.08. The van der Waals surface area contributed by atoms with Crippen molar-refractivity contribution in [3.63, 3.8) is 0 Å². The van der Waals surface area contributed by atoms with Crippen molar-refractivity contribution >= 4 is 11.8 Å². The molecule has 0 radical (unpaired) electrons. The molecule has 6 heteroatoms. The Morgan fingerprint density at radius 3 is 2.71 bits per heavy atom. The number of hydrogen-bond donors (Lipinski definition) is 1. The van der Waals surface area contributed by atoms with E-state index in [4.69, 9.17) is 10.5 Å². The molecule has 0 aromatic carbocycles. The highest BCUT2D eigenvalue weighted by atomic mass is 16.5. The summed E-state index contributed by atoms with van der Waals surface area (Å²) >= 11 is 0. The fraction of sp³-hybridized carbons (Fsp3) is 0.625. The third kappa shape index (κ3) is 1.84. The molecule has 1 heterocycles. The minimum absolute atomic E-state index is 0.0747. The molecule has 0 amide bonds. The molecule has 0 aliphatic heterocycles. The first-order chi connectivity index (χ1) is 6.57. The molecule has 0 aliphatic rings. The van der Waals surface area contributed by atoms with Crippen LogP contribution >= 0.6 is 0 Å². The lowest BCUT2D eigenvalue weighted by molar-refractivity contribution is 0.0520. The molecular weight excluding hydrogens is 184 g/mol. The molecule has 0 saturated carbocycles. The Morgan fingerprint density at radius 1 is 1.64 bits per heavy atom. The predicted octanol–water partition coefficient (Wildman–Crippen LogP) is 0.618. The highest BCUT2D eigenvalue weighted by molar-refractivity contribution is 5.91. The summed E-state index contributed by atoms with van der Waals surface area (Å²) in [6, 6.07) is 0.0747. The Kier molecular flexibility index (Phi) is 3.06. The zero-order valence-corrected chi connectivity index (χ0v) is 8.52. The molecule has 78 valence electrons. The van der Waals surface area contributed by atoms with Gasteiger partial charge >= 0.3 is 5.97 Å². The van der Waals surface area contributed by atoms with Crippen molar-refractivity contribution in [3.05, 3.63) is 5.69 Å². The largest absolute Gasteiger partial charge is 0.461 e. The molecule has 0 unspecified atom stereocenters. The van der Waals surface area contributed by atoms with Crippen molar-refractivity contribution in [2.45, 2.75) is 26.8 Å². The lowest BCUT2D eigenvalue weighted by atomic mass is 10.4. The maximum atomic E-state index is 11.3. The first-order valence-corrected chi connectivity index (χ1v) is 4.45. The highest BCUT2D eigenvalue weighted by Crippen LogP contribution is 2.13.